The molecule has 0 fully saturated rings. The molecule has 0 aromatic carbocycles. The van der Waals surface area contributed by atoms with Crippen molar-refractivity contribution >= 4 is 5.97 Å². The van der Waals surface area contributed by atoms with Crippen LogP contribution in [0.15, 0.2) is 0 Å². The first-order valence-electron chi connectivity index (χ1n) is 4.86. The van der Waals surface area contributed by atoms with Crippen molar-refractivity contribution < 1.29 is 9.53 Å². The van der Waals surface area contributed by atoms with E-state index in [2.05, 4.69) is 13.8 Å². The van der Waals surface area contributed by atoms with Crippen LogP contribution in [0.3, 0.4) is 0 Å². The lowest BCUT2D eigenvalue weighted by atomic mass is 10.1. The van der Waals surface area contributed by atoms with Crippen molar-refractivity contribution in [3.8, 4) is 0 Å². The van der Waals surface area contributed by atoms with Crippen molar-refractivity contribution in [2.45, 2.75) is 46.5 Å². The summed E-state index contributed by atoms with van der Waals surface area (Å²) in [5.74, 6) is 0.421. The molecule has 0 radical (unpaired) electrons. The van der Waals surface area contributed by atoms with E-state index in [9.17, 15) is 4.79 Å². The van der Waals surface area contributed by atoms with Gasteiger partial charge in [0.05, 0.1) is 6.61 Å². The van der Waals surface area contributed by atoms with E-state index in [1.165, 1.54) is 12.8 Å². The number of ether oxygens (including phenoxy) is 1. The third-order valence-electron chi connectivity index (χ3n) is 1.87. The van der Waals surface area contributed by atoms with Gasteiger partial charge >= 0.3 is 5.97 Å². The van der Waals surface area contributed by atoms with Crippen LogP contribution in [-0.2, 0) is 9.53 Å². The number of rotatable bonds is 6. The van der Waals surface area contributed by atoms with Crippen LogP contribution in [0.1, 0.15) is 46.5 Å². The van der Waals surface area contributed by atoms with Crippen LogP contribution in [0.5, 0.6) is 0 Å². The summed E-state index contributed by atoms with van der Waals surface area (Å²) < 4.78 is 4.85. The molecular weight excluding hydrogens is 154 g/mol. The Labute approximate surface area is 75.3 Å². The molecule has 0 saturated heterocycles. The summed E-state index contributed by atoms with van der Waals surface area (Å²) in [6.45, 7) is 6.61. The van der Waals surface area contributed by atoms with Gasteiger partial charge in [0.2, 0.25) is 0 Å². The van der Waals surface area contributed by atoms with Crippen molar-refractivity contribution in [1.29, 1.82) is 0 Å². The fourth-order valence-corrected chi connectivity index (χ4v) is 1.16. The molecule has 2 nitrogen and oxygen atoms in total. The van der Waals surface area contributed by atoms with Gasteiger partial charge in [-0.25, -0.2) is 0 Å². The average molecular weight is 174 g/mol. The highest BCUT2D eigenvalue weighted by Gasteiger charge is 2.08. The van der Waals surface area contributed by atoms with Crippen molar-refractivity contribution in [3.05, 3.63) is 0 Å². The molecule has 12 heavy (non-hydrogen) atoms. The molecule has 0 spiro atoms. The first kappa shape index (κ1) is 11.5. The van der Waals surface area contributed by atoms with Gasteiger partial charge in [-0.1, -0.05) is 33.1 Å². The minimum Gasteiger partial charge on any atom is -0.466 e. The number of esters is 1. The second-order valence-corrected chi connectivity index (χ2v) is 3.26. The lowest BCUT2D eigenvalue weighted by molar-refractivity contribution is -0.144. The summed E-state index contributed by atoms with van der Waals surface area (Å²) in [5, 5.41) is 0. The summed E-state index contributed by atoms with van der Waals surface area (Å²) in [6.07, 6.45) is 4.12. The maximum absolute atomic E-state index is 11.0. The van der Waals surface area contributed by atoms with E-state index in [0.717, 1.165) is 6.42 Å². The zero-order valence-corrected chi connectivity index (χ0v) is 8.43. The molecule has 72 valence electrons. The molecule has 0 saturated carbocycles. The van der Waals surface area contributed by atoms with Crippen molar-refractivity contribution in [1.82, 2.24) is 0 Å². The molecule has 0 rings (SSSR count). The van der Waals surface area contributed by atoms with Crippen molar-refractivity contribution in [3.63, 3.8) is 0 Å². The lowest BCUT2D eigenvalue weighted by Gasteiger charge is -2.08. The van der Waals surface area contributed by atoms with Gasteiger partial charge in [0.25, 0.3) is 0 Å². The maximum Gasteiger partial charge on any atom is 0.306 e. The number of carbonyl (C=O) groups excluding carboxylic acids is 1. The standard InChI is InChI=1S/C10H20O2/c1-4-6-7-9(3)8-10(11)12-5-2/h9H,4-8H2,1-3H3/t9-/m0/s1/i10+2. The summed E-state index contributed by atoms with van der Waals surface area (Å²) in [7, 11) is 0. The number of carbonyl (C=O) groups is 1. The van der Waals surface area contributed by atoms with Crippen LogP contribution >= 0.6 is 0 Å². The predicted octanol–water partition coefficient (Wildman–Crippen LogP) is 2.77. The fourth-order valence-electron chi connectivity index (χ4n) is 1.16. The minimum absolute atomic E-state index is 0.0545. The van der Waals surface area contributed by atoms with Gasteiger partial charge in [-0.05, 0) is 12.8 Å². The van der Waals surface area contributed by atoms with Gasteiger partial charge in [0.1, 0.15) is 0 Å². The van der Waals surface area contributed by atoms with Gasteiger partial charge in [-0.2, -0.15) is 0 Å². The van der Waals surface area contributed by atoms with Crippen LogP contribution < -0.4 is 0 Å². The zero-order valence-electron chi connectivity index (χ0n) is 8.43. The monoisotopic (exact) mass is 174 g/mol. The van der Waals surface area contributed by atoms with Crippen molar-refractivity contribution in [2.75, 3.05) is 6.61 Å². The molecular formula is C10H20O2. The highest BCUT2D eigenvalue weighted by Crippen LogP contribution is 2.12. The summed E-state index contributed by atoms with van der Waals surface area (Å²) in [6, 6.07) is 0. The molecule has 0 aromatic rings. The Morgan fingerprint density at radius 3 is 2.58 bits per heavy atom. The average Bonchev–Trinajstić information content (AvgIpc) is 2.01. The predicted molar refractivity (Wildman–Crippen MR) is 49.9 cm³/mol. The molecule has 0 aliphatic heterocycles. The van der Waals surface area contributed by atoms with Crippen molar-refractivity contribution in [2.24, 2.45) is 5.92 Å². The third kappa shape index (κ3) is 6.20. The second kappa shape index (κ2) is 7.14. The van der Waals surface area contributed by atoms with Gasteiger partial charge in [-0.3, -0.25) is 4.79 Å². The molecule has 1 atom stereocenters. The van der Waals surface area contributed by atoms with Gasteiger partial charge in [0, 0.05) is 6.42 Å². The third-order valence-corrected chi connectivity index (χ3v) is 1.87. The Kier molecular flexibility index (Phi) is 6.82. The van der Waals surface area contributed by atoms with Gasteiger partial charge < -0.3 is 4.74 Å². The number of unbranched alkanes of at least 4 members (excludes halogenated alkanes) is 1. The van der Waals surface area contributed by atoms with Crippen LogP contribution in [0.2, 0.25) is 0 Å². The van der Waals surface area contributed by atoms with Crippen LogP contribution in [-0.4, -0.2) is 12.6 Å². The summed E-state index contributed by atoms with van der Waals surface area (Å²) in [4.78, 5) is 11.0. The molecule has 0 amide bonds. The molecule has 2 heteroatoms. The Morgan fingerprint density at radius 1 is 1.42 bits per heavy atom. The van der Waals surface area contributed by atoms with Crippen LogP contribution in [0.25, 0.3) is 0 Å². The van der Waals surface area contributed by atoms with Crippen LogP contribution in [0.4, 0.5) is 0 Å². The van der Waals surface area contributed by atoms with Crippen LogP contribution in [0, 0.1) is 5.92 Å². The van der Waals surface area contributed by atoms with E-state index >= 15 is 0 Å². The Hall–Kier alpha value is -0.530. The lowest BCUT2D eigenvalue weighted by Crippen LogP contribution is -2.09. The Bertz CT molecular complexity index is 121. The molecule has 0 bridgehead atoms. The molecule has 0 aromatic heterocycles. The van der Waals surface area contributed by atoms with Gasteiger partial charge in [0.15, 0.2) is 0 Å². The topological polar surface area (TPSA) is 26.3 Å². The fraction of sp³-hybridized carbons (Fsp3) is 0.900. The maximum atomic E-state index is 11.0. The minimum atomic E-state index is -0.0545. The molecule has 0 aliphatic carbocycles. The normalized spacial score (nSPS) is 12.6. The molecule has 0 unspecified atom stereocenters. The highest BCUT2D eigenvalue weighted by atomic mass is 16.8. The number of hydrogen-bond donors (Lipinski definition) is 0. The molecule has 0 aliphatic rings. The van der Waals surface area contributed by atoms with E-state index < -0.39 is 0 Å². The van der Waals surface area contributed by atoms with E-state index in [-0.39, 0.29) is 5.97 Å². The summed E-state index contributed by atoms with van der Waals surface area (Å²) in [5.41, 5.74) is 0. The van der Waals surface area contributed by atoms with E-state index in [1.807, 2.05) is 6.92 Å². The quantitative estimate of drug-likeness (QED) is 0.579. The van der Waals surface area contributed by atoms with E-state index in [1.54, 1.807) is 0 Å². The zero-order chi connectivity index (χ0) is 9.40. The first-order valence-corrected chi connectivity index (χ1v) is 4.86. The van der Waals surface area contributed by atoms with Gasteiger partial charge in [-0.15, -0.1) is 0 Å². The largest absolute Gasteiger partial charge is 0.466 e. The van der Waals surface area contributed by atoms with E-state index in [0.29, 0.717) is 18.9 Å². The Morgan fingerprint density at radius 2 is 2.08 bits per heavy atom. The smallest absolute Gasteiger partial charge is 0.306 e. The number of hydrogen-bond acceptors (Lipinski definition) is 2. The molecule has 0 heterocycles. The molecule has 0 N–H and O–H groups in total. The summed E-state index contributed by atoms with van der Waals surface area (Å²) >= 11 is 0. The second-order valence-electron chi connectivity index (χ2n) is 3.26. The van der Waals surface area contributed by atoms with E-state index in [4.69, 9.17) is 4.74 Å². The highest BCUT2D eigenvalue weighted by molar-refractivity contribution is 5.69. The first-order chi connectivity index (χ1) is 5.70. The Balaban J connectivity index is 3.40. The SMILES string of the molecule is CCCC[C@H](C)C[14C](=O)OCC.